The van der Waals surface area contributed by atoms with Crippen LogP contribution in [0.15, 0.2) is 83.1 Å². The summed E-state index contributed by atoms with van der Waals surface area (Å²) in [5, 5.41) is 38.7. The average molecular weight is 505 g/mol. The summed E-state index contributed by atoms with van der Waals surface area (Å²) in [6.07, 6.45) is 10.3. The van der Waals surface area contributed by atoms with Gasteiger partial charge in [0.15, 0.2) is 0 Å². The molecular formula is C27H36O9. The summed E-state index contributed by atoms with van der Waals surface area (Å²) >= 11 is 0. The molecule has 1 rings (SSSR count). The maximum absolute atomic E-state index is 12.3. The number of carbonyl (C=O) groups is 2. The molecule has 0 unspecified atom stereocenters. The van der Waals surface area contributed by atoms with Crippen molar-refractivity contribution < 1.29 is 44.2 Å². The third-order valence-corrected chi connectivity index (χ3v) is 5.14. The predicted molar refractivity (Wildman–Crippen MR) is 134 cm³/mol. The van der Waals surface area contributed by atoms with Crippen LogP contribution in [0.3, 0.4) is 0 Å². The Kier molecular flexibility index (Phi) is 13.6. The van der Waals surface area contributed by atoms with Gasteiger partial charge in [0.05, 0.1) is 13.7 Å². The topological polar surface area (TPSA) is 143 Å². The fraction of sp³-hybridized carbons (Fsp3) is 0.407. The first-order chi connectivity index (χ1) is 17.0. The van der Waals surface area contributed by atoms with Crippen molar-refractivity contribution in [3.05, 3.63) is 83.1 Å². The normalized spacial score (nSPS) is 26.8. The van der Waals surface area contributed by atoms with Crippen LogP contribution in [0, 0.1) is 0 Å². The van der Waals surface area contributed by atoms with Crippen LogP contribution in [0.5, 0.6) is 0 Å². The van der Waals surface area contributed by atoms with Crippen LogP contribution in [-0.4, -0.2) is 76.8 Å². The standard InChI is InChI=1S/C27H36O9/c1-17(12-8-14-19(3)25(32)34-5)10-6-7-11-18(2)13-9-15-20(4)26(33)36-27-24(31)23(30)22(29)21(16-28)35-27/h6-15,21-24,27-31H,16H2,1-5H3/b7-6+,12-8+,13-9+,17-10+,18-11+,19-14+,20-15+/t21-,22+,23-,24-,27-/m0/s1. The van der Waals surface area contributed by atoms with E-state index in [9.17, 15) is 30.0 Å². The molecule has 0 saturated carbocycles. The van der Waals surface area contributed by atoms with E-state index in [-0.39, 0.29) is 11.5 Å². The summed E-state index contributed by atoms with van der Waals surface area (Å²) in [5.41, 5.74) is 2.62. The lowest BCUT2D eigenvalue weighted by molar-refractivity contribution is -0.291. The summed E-state index contributed by atoms with van der Waals surface area (Å²) in [5.74, 6) is -1.15. The van der Waals surface area contributed by atoms with Crippen LogP contribution >= 0.6 is 0 Å². The highest BCUT2D eigenvalue weighted by Crippen LogP contribution is 2.22. The molecule has 9 heteroatoms. The van der Waals surface area contributed by atoms with Crippen molar-refractivity contribution in [2.45, 2.75) is 58.4 Å². The molecule has 0 aliphatic carbocycles. The lowest BCUT2D eigenvalue weighted by atomic mass is 9.99. The summed E-state index contributed by atoms with van der Waals surface area (Å²) in [6, 6.07) is 0. The van der Waals surface area contributed by atoms with Crippen molar-refractivity contribution in [1.82, 2.24) is 0 Å². The Bertz CT molecular complexity index is 964. The van der Waals surface area contributed by atoms with Gasteiger partial charge in [-0.15, -0.1) is 0 Å². The highest BCUT2D eigenvalue weighted by atomic mass is 16.7. The van der Waals surface area contributed by atoms with Gasteiger partial charge in [0.25, 0.3) is 0 Å². The molecule has 9 nitrogen and oxygen atoms in total. The van der Waals surface area contributed by atoms with E-state index in [1.54, 1.807) is 31.2 Å². The van der Waals surface area contributed by atoms with Crippen LogP contribution in [0.1, 0.15) is 27.7 Å². The van der Waals surface area contributed by atoms with Gasteiger partial charge in [0.1, 0.15) is 24.4 Å². The van der Waals surface area contributed by atoms with E-state index >= 15 is 0 Å². The highest BCUT2D eigenvalue weighted by molar-refractivity contribution is 5.88. The number of ether oxygens (including phenoxy) is 3. The molecule has 0 aromatic rings. The highest BCUT2D eigenvalue weighted by Gasteiger charge is 2.45. The van der Waals surface area contributed by atoms with E-state index < -0.39 is 43.3 Å². The zero-order valence-electron chi connectivity index (χ0n) is 21.2. The first-order valence-electron chi connectivity index (χ1n) is 11.3. The number of rotatable bonds is 10. The number of hydrogen-bond acceptors (Lipinski definition) is 9. The van der Waals surface area contributed by atoms with Crippen molar-refractivity contribution in [2.75, 3.05) is 13.7 Å². The van der Waals surface area contributed by atoms with Crippen molar-refractivity contribution >= 4 is 11.9 Å². The number of hydrogen-bond donors (Lipinski definition) is 4. The number of methoxy groups -OCH3 is 1. The second-order valence-electron chi connectivity index (χ2n) is 8.22. The van der Waals surface area contributed by atoms with Gasteiger partial charge in [0, 0.05) is 11.1 Å². The lowest BCUT2D eigenvalue weighted by Gasteiger charge is -2.39. The predicted octanol–water partition coefficient (Wildman–Crippen LogP) is 1.96. The molecule has 0 aromatic carbocycles. The molecule has 1 saturated heterocycles. The Morgan fingerprint density at radius 3 is 1.72 bits per heavy atom. The Labute approximate surface area is 211 Å². The molecule has 198 valence electrons. The summed E-state index contributed by atoms with van der Waals surface area (Å²) < 4.78 is 14.9. The SMILES string of the molecule is COC(=O)/C(C)=C/C=C/C(C)=C/C=C/C=C(C)/C=C/C=C(\C)C(=O)O[C@@H]1O[C@@H](CO)[C@@H](O)[C@H](O)[C@@H]1O. The van der Waals surface area contributed by atoms with E-state index in [4.69, 9.17) is 9.47 Å². The van der Waals surface area contributed by atoms with Gasteiger partial charge in [-0.1, -0.05) is 71.9 Å². The molecule has 0 aromatic heterocycles. The van der Waals surface area contributed by atoms with Crippen molar-refractivity contribution in [3.8, 4) is 0 Å². The molecular weight excluding hydrogens is 468 g/mol. The minimum atomic E-state index is -1.65. The van der Waals surface area contributed by atoms with Gasteiger partial charge in [-0.05, 0) is 27.7 Å². The Balaban J connectivity index is 2.64. The maximum Gasteiger partial charge on any atom is 0.336 e. The molecule has 4 N–H and O–H groups in total. The van der Waals surface area contributed by atoms with Crippen molar-refractivity contribution in [3.63, 3.8) is 0 Å². The average Bonchev–Trinajstić information content (AvgIpc) is 2.86. The molecule has 1 aliphatic rings. The summed E-state index contributed by atoms with van der Waals surface area (Å²) in [7, 11) is 1.34. The first kappa shape index (κ1) is 31.0. The smallest absolute Gasteiger partial charge is 0.336 e. The summed E-state index contributed by atoms with van der Waals surface area (Å²) in [4.78, 5) is 23.6. The first-order valence-corrected chi connectivity index (χ1v) is 11.3. The van der Waals surface area contributed by atoms with Crippen LogP contribution in [-0.2, 0) is 23.8 Å². The molecule has 1 heterocycles. The minimum absolute atomic E-state index is 0.216. The van der Waals surface area contributed by atoms with Gasteiger partial charge < -0.3 is 34.6 Å². The second-order valence-corrected chi connectivity index (χ2v) is 8.22. The molecule has 1 fully saturated rings. The second kappa shape index (κ2) is 15.8. The Morgan fingerprint density at radius 1 is 0.750 bits per heavy atom. The third-order valence-electron chi connectivity index (χ3n) is 5.14. The molecule has 0 spiro atoms. The zero-order chi connectivity index (χ0) is 27.3. The lowest BCUT2D eigenvalue weighted by Crippen LogP contribution is -2.59. The molecule has 0 bridgehead atoms. The zero-order valence-corrected chi connectivity index (χ0v) is 21.2. The van der Waals surface area contributed by atoms with Gasteiger partial charge >= 0.3 is 11.9 Å². The van der Waals surface area contributed by atoms with Crippen LogP contribution in [0.2, 0.25) is 0 Å². The molecule has 0 radical (unpaired) electrons. The molecule has 5 atom stereocenters. The van der Waals surface area contributed by atoms with Crippen LogP contribution in [0.25, 0.3) is 0 Å². The van der Waals surface area contributed by atoms with Crippen LogP contribution < -0.4 is 0 Å². The van der Waals surface area contributed by atoms with Gasteiger partial charge in [-0.2, -0.15) is 0 Å². The van der Waals surface area contributed by atoms with Crippen LogP contribution in [0.4, 0.5) is 0 Å². The molecule has 0 amide bonds. The number of carbonyl (C=O) groups excluding carboxylic acids is 2. The molecule has 36 heavy (non-hydrogen) atoms. The quantitative estimate of drug-likeness (QED) is 0.199. The number of aliphatic hydroxyl groups is 4. The van der Waals surface area contributed by atoms with Gasteiger partial charge in [-0.25, -0.2) is 9.59 Å². The fourth-order valence-corrected chi connectivity index (χ4v) is 2.87. The van der Waals surface area contributed by atoms with E-state index in [0.29, 0.717) is 5.57 Å². The third kappa shape index (κ3) is 10.3. The van der Waals surface area contributed by atoms with Gasteiger partial charge in [0.2, 0.25) is 6.29 Å². The Hall–Kier alpha value is -3.08. The minimum Gasteiger partial charge on any atom is -0.466 e. The Morgan fingerprint density at radius 2 is 1.25 bits per heavy atom. The van der Waals surface area contributed by atoms with Crippen molar-refractivity contribution in [2.24, 2.45) is 0 Å². The summed E-state index contributed by atoms with van der Waals surface area (Å²) in [6.45, 7) is 6.38. The van der Waals surface area contributed by atoms with Crippen molar-refractivity contribution in [1.29, 1.82) is 0 Å². The number of allylic oxidation sites excluding steroid dienone is 12. The fourth-order valence-electron chi connectivity index (χ4n) is 2.87. The largest absolute Gasteiger partial charge is 0.466 e. The van der Waals surface area contributed by atoms with E-state index in [1.165, 1.54) is 20.1 Å². The van der Waals surface area contributed by atoms with E-state index in [1.807, 2.05) is 44.2 Å². The number of esters is 2. The number of aliphatic hydroxyl groups excluding tert-OH is 4. The maximum atomic E-state index is 12.3. The van der Waals surface area contributed by atoms with E-state index in [2.05, 4.69) is 4.74 Å². The van der Waals surface area contributed by atoms with Gasteiger partial charge in [-0.3, -0.25) is 0 Å². The molecule has 1 aliphatic heterocycles. The monoisotopic (exact) mass is 504 g/mol. The van der Waals surface area contributed by atoms with E-state index in [0.717, 1.165) is 11.1 Å².